The summed E-state index contributed by atoms with van der Waals surface area (Å²) in [6.45, 7) is 3.62. The van der Waals surface area contributed by atoms with Crippen molar-refractivity contribution in [1.29, 1.82) is 0 Å². The minimum atomic E-state index is -0.317. The molecule has 1 aliphatic rings. The number of hydrogen-bond donors (Lipinski definition) is 2. The highest BCUT2D eigenvalue weighted by molar-refractivity contribution is 5.95. The molecule has 0 aliphatic carbocycles. The van der Waals surface area contributed by atoms with Crippen LogP contribution in [0.1, 0.15) is 13.3 Å². The zero-order valence-corrected chi connectivity index (χ0v) is 12.6. The van der Waals surface area contributed by atoms with Crippen molar-refractivity contribution in [2.45, 2.75) is 13.3 Å². The minimum absolute atomic E-state index is 0. The lowest BCUT2D eigenvalue weighted by atomic mass is 9.89. The summed E-state index contributed by atoms with van der Waals surface area (Å²) in [4.78, 5) is 13.8. The van der Waals surface area contributed by atoms with Crippen LogP contribution in [0.4, 0.5) is 5.69 Å². The Bertz CT molecular complexity index is 590. The molecule has 0 radical (unpaired) electrons. The van der Waals surface area contributed by atoms with Crippen molar-refractivity contribution in [2.75, 3.05) is 18.4 Å². The Morgan fingerprint density at radius 3 is 2.52 bits per heavy atom. The van der Waals surface area contributed by atoms with Crippen LogP contribution < -0.4 is 10.6 Å². The Morgan fingerprint density at radius 1 is 1.29 bits per heavy atom. The maximum absolute atomic E-state index is 12.3. The van der Waals surface area contributed by atoms with Gasteiger partial charge in [0.05, 0.1) is 23.5 Å². The van der Waals surface area contributed by atoms with Crippen LogP contribution in [0.5, 0.6) is 0 Å². The first-order valence-electron chi connectivity index (χ1n) is 6.66. The molecule has 1 fully saturated rings. The van der Waals surface area contributed by atoms with E-state index in [0.29, 0.717) is 0 Å². The second-order valence-electron chi connectivity index (χ2n) is 5.31. The zero-order chi connectivity index (χ0) is 14.0. The Labute approximate surface area is 129 Å². The maximum atomic E-state index is 12.3. The van der Waals surface area contributed by atoms with E-state index in [-0.39, 0.29) is 23.7 Å². The van der Waals surface area contributed by atoms with E-state index in [9.17, 15) is 4.79 Å². The quantitative estimate of drug-likeness (QED) is 0.904. The zero-order valence-electron chi connectivity index (χ0n) is 11.7. The molecule has 112 valence electrons. The highest BCUT2D eigenvalue weighted by Crippen LogP contribution is 2.26. The van der Waals surface area contributed by atoms with E-state index in [1.807, 2.05) is 31.2 Å². The van der Waals surface area contributed by atoms with Crippen LogP contribution in [0.2, 0.25) is 0 Å². The molecule has 0 bridgehead atoms. The predicted molar refractivity (Wildman–Crippen MR) is 82.8 cm³/mol. The first-order chi connectivity index (χ1) is 9.67. The van der Waals surface area contributed by atoms with Crippen molar-refractivity contribution >= 4 is 24.0 Å². The Hall–Kier alpha value is -1.92. The Balaban J connectivity index is 0.00000161. The highest BCUT2D eigenvalue weighted by atomic mass is 35.5. The number of amides is 1. The molecule has 1 aromatic heterocycles. The number of carbonyl (C=O) groups is 1. The molecular weight excluding hydrogens is 290 g/mol. The van der Waals surface area contributed by atoms with Gasteiger partial charge in [-0.1, -0.05) is 0 Å². The van der Waals surface area contributed by atoms with Crippen molar-refractivity contribution in [1.82, 2.24) is 20.3 Å². The molecular formula is C14H18ClN5O. The molecule has 1 amide bonds. The van der Waals surface area contributed by atoms with Crippen molar-refractivity contribution in [3.05, 3.63) is 36.7 Å². The molecule has 21 heavy (non-hydrogen) atoms. The average molecular weight is 308 g/mol. The minimum Gasteiger partial charge on any atom is -0.326 e. The van der Waals surface area contributed by atoms with Crippen LogP contribution in [0.15, 0.2) is 36.7 Å². The number of halogens is 1. The first kappa shape index (κ1) is 15.5. The summed E-state index contributed by atoms with van der Waals surface area (Å²) in [6.07, 6.45) is 4.13. The Morgan fingerprint density at radius 2 is 1.95 bits per heavy atom. The van der Waals surface area contributed by atoms with Gasteiger partial charge in [0.1, 0.15) is 0 Å². The van der Waals surface area contributed by atoms with Gasteiger partial charge in [-0.2, -0.15) is 15.0 Å². The molecule has 2 aromatic rings. The fourth-order valence-electron chi connectivity index (χ4n) is 2.32. The summed E-state index contributed by atoms with van der Waals surface area (Å²) in [5, 5.41) is 14.3. The molecule has 7 heteroatoms. The first-order valence-corrected chi connectivity index (χ1v) is 6.66. The number of anilines is 1. The van der Waals surface area contributed by atoms with Crippen LogP contribution in [-0.4, -0.2) is 34.0 Å². The fourth-order valence-corrected chi connectivity index (χ4v) is 2.32. The average Bonchev–Trinajstić information content (AvgIpc) is 3.11. The van der Waals surface area contributed by atoms with E-state index in [0.717, 1.165) is 30.9 Å². The lowest BCUT2D eigenvalue weighted by Crippen LogP contribution is -2.35. The number of aromatic nitrogens is 3. The molecule has 1 unspecified atom stereocenters. The summed E-state index contributed by atoms with van der Waals surface area (Å²) >= 11 is 0. The van der Waals surface area contributed by atoms with Crippen molar-refractivity contribution in [3.63, 3.8) is 0 Å². The van der Waals surface area contributed by atoms with E-state index in [1.165, 1.54) is 4.80 Å². The second kappa shape index (κ2) is 6.24. The summed E-state index contributed by atoms with van der Waals surface area (Å²) in [5.74, 6) is 0.0625. The van der Waals surface area contributed by atoms with E-state index in [4.69, 9.17) is 0 Å². The fraction of sp³-hybridized carbons (Fsp3) is 0.357. The van der Waals surface area contributed by atoms with E-state index in [2.05, 4.69) is 20.8 Å². The van der Waals surface area contributed by atoms with Gasteiger partial charge in [0.2, 0.25) is 5.91 Å². The summed E-state index contributed by atoms with van der Waals surface area (Å²) < 4.78 is 0. The van der Waals surface area contributed by atoms with Gasteiger partial charge >= 0.3 is 0 Å². The molecule has 1 saturated heterocycles. The Kier molecular flexibility index (Phi) is 4.59. The molecule has 1 aliphatic heterocycles. The van der Waals surface area contributed by atoms with Crippen LogP contribution in [0, 0.1) is 5.41 Å². The topological polar surface area (TPSA) is 71.8 Å². The van der Waals surface area contributed by atoms with Crippen molar-refractivity contribution in [2.24, 2.45) is 5.41 Å². The third-order valence-corrected chi connectivity index (χ3v) is 3.69. The van der Waals surface area contributed by atoms with Gasteiger partial charge in [0.15, 0.2) is 0 Å². The van der Waals surface area contributed by atoms with Crippen LogP contribution in [0.25, 0.3) is 5.69 Å². The van der Waals surface area contributed by atoms with Gasteiger partial charge < -0.3 is 10.6 Å². The van der Waals surface area contributed by atoms with Crippen molar-refractivity contribution in [3.8, 4) is 5.69 Å². The molecule has 6 nitrogen and oxygen atoms in total. The van der Waals surface area contributed by atoms with Gasteiger partial charge in [-0.15, -0.1) is 12.4 Å². The third-order valence-electron chi connectivity index (χ3n) is 3.69. The number of carbonyl (C=O) groups excluding carboxylic acids is 1. The summed E-state index contributed by atoms with van der Waals surface area (Å²) in [6, 6.07) is 7.49. The van der Waals surface area contributed by atoms with E-state index >= 15 is 0 Å². The number of benzene rings is 1. The van der Waals surface area contributed by atoms with Gasteiger partial charge in [0.25, 0.3) is 0 Å². The number of nitrogens with one attached hydrogen (secondary N) is 2. The molecule has 3 rings (SSSR count). The van der Waals surface area contributed by atoms with E-state index in [1.54, 1.807) is 12.4 Å². The van der Waals surface area contributed by atoms with Crippen LogP contribution >= 0.6 is 12.4 Å². The number of rotatable bonds is 3. The molecule has 1 aromatic carbocycles. The van der Waals surface area contributed by atoms with Gasteiger partial charge in [-0.25, -0.2) is 0 Å². The van der Waals surface area contributed by atoms with Crippen LogP contribution in [-0.2, 0) is 4.79 Å². The molecule has 1 atom stereocenters. The smallest absolute Gasteiger partial charge is 0.231 e. The molecule has 0 saturated carbocycles. The standard InChI is InChI=1S/C14H17N5O.ClH/c1-14(6-7-15-10-14)13(20)18-11-2-4-12(5-3-11)19-16-8-9-17-19;/h2-5,8-9,15H,6-7,10H2,1H3,(H,18,20);1H. The van der Waals surface area contributed by atoms with Crippen molar-refractivity contribution < 1.29 is 4.79 Å². The second-order valence-corrected chi connectivity index (χ2v) is 5.31. The monoisotopic (exact) mass is 307 g/mol. The summed E-state index contributed by atoms with van der Waals surface area (Å²) in [5.41, 5.74) is 1.34. The van der Waals surface area contributed by atoms with Gasteiger partial charge in [0, 0.05) is 12.2 Å². The van der Waals surface area contributed by atoms with Gasteiger partial charge in [-0.3, -0.25) is 4.79 Å². The largest absolute Gasteiger partial charge is 0.326 e. The summed E-state index contributed by atoms with van der Waals surface area (Å²) in [7, 11) is 0. The molecule has 0 spiro atoms. The maximum Gasteiger partial charge on any atom is 0.231 e. The highest BCUT2D eigenvalue weighted by Gasteiger charge is 2.36. The lowest BCUT2D eigenvalue weighted by molar-refractivity contribution is -0.123. The number of nitrogens with zero attached hydrogens (tertiary/aromatic N) is 3. The van der Waals surface area contributed by atoms with E-state index < -0.39 is 0 Å². The lowest BCUT2D eigenvalue weighted by Gasteiger charge is -2.21. The van der Waals surface area contributed by atoms with Gasteiger partial charge in [-0.05, 0) is 44.2 Å². The normalized spacial score (nSPS) is 20.8. The van der Waals surface area contributed by atoms with Crippen LogP contribution in [0.3, 0.4) is 0 Å². The third kappa shape index (κ3) is 3.22. The number of hydrogen-bond acceptors (Lipinski definition) is 4. The SMILES string of the molecule is CC1(C(=O)Nc2ccc(-n3nccn3)cc2)CCNC1.Cl. The molecule has 2 heterocycles. The molecule has 2 N–H and O–H groups in total. The predicted octanol–water partition coefficient (Wildman–Crippen LogP) is 1.63.